The first-order valence-corrected chi connectivity index (χ1v) is 4.34. The van der Waals surface area contributed by atoms with Gasteiger partial charge in [0.15, 0.2) is 0 Å². The maximum atomic E-state index is 11.3. The van der Waals surface area contributed by atoms with E-state index in [1.165, 1.54) is 0 Å². The Balaban J connectivity index is 2.93. The van der Waals surface area contributed by atoms with E-state index in [4.69, 9.17) is 5.73 Å². The largest absolute Gasteiger partial charge is 0.366 e. The number of nitrogens with one attached hydrogen (secondary N) is 1. The number of H-pyrrole nitrogens is 1. The highest BCUT2D eigenvalue weighted by Crippen LogP contribution is 2.22. The van der Waals surface area contributed by atoms with E-state index in [-0.39, 0.29) is 0 Å². The molecule has 0 bridgehead atoms. The van der Waals surface area contributed by atoms with Crippen molar-refractivity contribution in [3.8, 4) is 0 Å². The van der Waals surface area contributed by atoms with Crippen LogP contribution in [0, 0.1) is 13.8 Å². The highest BCUT2D eigenvalue weighted by molar-refractivity contribution is 6.06. The van der Waals surface area contributed by atoms with Crippen LogP contribution in [0.1, 0.15) is 21.5 Å². The molecule has 0 spiro atoms. The van der Waals surface area contributed by atoms with Gasteiger partial charge in [-0.2, -0.15) is 5.10 Å². The molecule has 0 radical (unpaired) electrons. The Labute approximate surface area is 81.1 Å². The van der Waals surface area contributed by atoms with E-state index in [1.807, 2.05) is 19.9 Å². The van der Waals surface area contributed by atoms with E-state index in [1.54, 1.807) is 6.20 Å². The monoisotopic (exact) mass is 189 g/mol. The molecule has 2 aromatic rings. The number of hydrogen-bond acceptors (Lipinski definition) is 2. The van der Waals surface area contributed by atoms with Gasteiger partial charge in [0.25, 0.3) is 5.91 Å². The summed E-state index contributed by atoms with van der Waals surface area (Å²) < 4.78 is 0. The number of fused-ring (bicyclic) bond motifs is 1. The molecular weight excluding hydrogens is 178 g/mol. The summed E-state index contributed by atoms with van der Waals surface area (Å²) in [4.78, 5) is 11.3. The van der Waals surface area contributed by atoms with Gasteiger partial charge >= 0.3 is 0 Å². The minimum atomic E-state index is -0.416. The molecule has 0 unspecified atom stereocenters. The molecular formula is C10H11N3O. The predicted octanol–water partition coefficient (Wildman–Crippen LogP) is 1.28. The van der Waals surface area contributed by atoms with E-state index < -0.39 is 5.91 Å². The van der Waals surface area contributed by atoms with Crippen molar-refractivity contribution in [1.29, 1.82) is 0 Å². The van der Waals surface area contributed by atoms with Crippen molar-refractivity contribution in [2.24, 2.45) is 5.73 Å². The molecule has 3 N–H and O–H groups in total. The predicted molar refractivity (Wildman–Crippen MR) is 54.1 cm³/mol. The Kier molecular flexibility index (Phi) is 1.77. The van der Waals surface area contributed by atoms with Gasteiger partial charge in [-0.15, -0.1) is 0 Å². The number of rotatable bonds is 1. The van der Waals surface area contributed by atoms with Gasteiger partial charge in [0.05, 0.1) is 17.3 Å². The first kappa shape index (κ1) is 8.74. The zero-order chi connectivity index (χ0) is 10.3. The molecule has 0 atom stereocenters. The molecule has 4 nitrogen and oxygen atoms in total. The van der Waals surface area contributed by atoms with Crippen LogP contribution in [0.3, 0.4) is 0 Å². The smallest absolute Gasteiger partial charge is 0.251 e. The Hall–Kier alpha value is -1.84. The second kappa shape index (κ2) is 2.83. The Morgan fingerprint density at radius 3 is 2.86 bits per heavy atom. The number of aromatic amines is 1. The number of carbonyl (C=O) groups excluding carboxylic acids is 1. The minimum Gasteiger partial charge on any atom is -0.366 e. The summed E-state index contributed by atoms with van der Waals surface area (Å²) in [7, 11) is 0. The lowest BCUT2D eigenvalue weighted by Crippen LogP contribution is -2.14. The van der Waals surface area contributed by atoms with Crippen LogP contribution in [0.5, 0.6) is 0 Å². The molecule has 0 fully saturated rings. The first-order chi connectivity index (χ1) is 6.61. The number of nitrogens with zero attached hydrogens (tertiary/aromatic N) is 1. The molecule has 1 heterocycles. The highest BCUT2D eigenvalue weighted by atomic mass is 16.1. The Morgan fingerprint density at radius 1 is 1.50 bits per heavy atom. The zero-order valence-electron chi connectivity index (χ0n) is 8.09. The number of hydrogen-bond donors (Lipinski definition) is 2. The lowest BCUT2D eigenvalue weighted by Gasteiger charge is -2.06. The summed E-state index contributed by atoms with van der Waals surface area (Å²) in [6.07, 6.45) is 1.69. The van der Waals surface area contributed by atoms with Gasteiger partial charge in [0.2, 0.25) is 0 Å². The van der Waals surface area contributed by atoms with E-state index in [2.05, 4.69) is 10.2 Å². The van der Waals surface area contributed by atoms with Crippen LogP contribution in [-0.4, -0.2) is 16.1 Å². The summed E-state index contributed by atoms with van der Waals surface area (Å²) in [6.45, 7) is 3.84. The van der Waals surface area contributed by atoms with Crippen molar-refractivity contribution in [2.75, 3.05) is 0 Å². The fraction of sp³-hybridized carbons (Fsp3) is 0.200. The van der Waals surface area contributed by atoms with Crippen molar-refractivity contribution in [3.05, 3.63) is 29.0 Å². The van der Waals surface area contributed by atoms with Crippen LogP contribution in [0.25, 0.3) is 10.9 Å². The number of benzene rings is 1. The van der Waals surface area contributed by atoms with E-state index in [0.717, 1.165) is 22.0 Å². The van der Waals surface area contributed by atoms with Crippen molar-refractivity contribution >= 4 is 16.8 Å². The lowest BCUT2D eigenvalue weighted by atomic mass is 10.00. The lowest BCUT2D eigenvalue weighted by molar-refractivity contribution is 0.100. The number of aryl methyl sites for hydroxylation is 1. The number of primary amides is 1. The van der Waals surface area contributed by atoms with Gasteiger partial charge in [0, 0.05) is 5.39 Å². The molecule has 0 aliphatic rings. The fourth-order valence-corrected chi connectivity index (χ4v) is 1.64. The molecule has 4 heteroatoms. The second-order valence-electron chi connectivity index (χ2n) is 3.39. The molecule has 1 aromatic heterocycles. The van der Waals surface area contributed by atoms with Gasteiger partial charge in [-0.1, -0.05) is 0 Å². The molecule has 0 aliphatic heterocycles. The van der Waals surface area contributed by atoms with Crippen LogP contribution in [0.4, 0.5) is 0 Å². The first-order valence-electron chi connectivity index (χ1n) is 4.34. The highest BCUT2D eigenvalue weighted by Gasteiger charge is 2.13. The topological polar surface area (TPSA) is 71.8 Å². The van der Waals surface area contributed by atoms with Gasteiger partial charge in [-0.05, 0) is 31.0 Å². The van der Waals surface area contributed by atoms with E-state index in [0.29, 0.717) is 5.56 Å². The van der Waals surface area contributed by atoms with Crippen LogP contribution in [-0.2, 0) is 0 Å². The van der Waals surface area contributed by atoms with Crippen molar-refractivity contribution < 1.29 is 4.79 Å². The quantitative estimate of drug-likeness (QED) is 0.709. The van der Waals surface area contributed by atoms with Crippen LogP contribution in [0.2, 0.25) is 0 Å². The van der Waals surface area contributed by atoms with Gasteiger partial charge < -0.3 is 5.73 Å². The standard InChI is InChI=1S/C10H11N3O/c1-5-3-7-4-12-13-9(7)8(6(5)2)10(11)14/h3-4H,1-2H3,(H2,11,14)(H,12,13). The van der Waals surface area contributed by atoms with Crippen LogP contribution in [0.15, 0.2) is 12.3 Å². The fourth-order valence-electron chi connectivity index (χ4n) is 1.64. The average molecular weight is 189 g/mol. The Morgan fingerprint density at radius 2 is 2.21 bits per heavy atom. The van der Waals surface area contributed by atoms with Crippen molar-refractivity contribution in [1.82, 2.24) is 10.2 Å². The summed E-state index contributed by atoms with van der Waals surface area (Å²) in [5.41, 5.74) is 8.54. The number of carbonyl (C=O) groups is 1. The summed E-state index contributed by atoms with van der Waals surface area (Å²) >= 11 is 0. The number of amides is 1. The maximum absolute atomic E-state index is 11.3. The maximum Gasteiger partial charge on any atom is 0.251 e. The molecule has 14 heavy (non-hydrogen) atoms. The molecule has 2 rings (SSSR count). The summed E-state index contributed by atoms with van der Waals surface area (Å²) in [5, 5.41) is 7.60. The zero-order valence-corrected chi connectivity index (χ0v) is 8.09. The van der Waals surface area contributed by atoms with Gasteiger partial charge in [-0.3, -0.25) is 9.89 Å². The summed E-state index contributed by atoms with van der Waals surface area (Å²) in [6, 6.07) is 1.99. The minimum absolute atomic E-state index is 0.416. The van der Waals surface area contributed by atoms with Gasteiger partial charge in [-0.25, -0.2) is 0 Å². The third kappa shape index (κ3) is 1.08. The second-order valence-corrected chi connectivity index (χ2v) is 3.39. The van der Waals surface area contributed by atoms with E-state index in [9.17, 15) is 4.79 Å². The molecule has 1 amide bonds. The molecule has 0 saturated carbocycles. The van der Waals surface area contributed by atoms with Crippen molar-refractivity contribution in [2.45, 2.75) is 13.8 Å². The summed E-state index contributed by atoms with van der Waals surface area (Å²) in [5.74, 6) is -0.416. The third-order valence-electron chi connectivity index (χ3n) is 2.50. The Bertz CT molecular complexity index is 513. The number of aromatic nitrogens is 2. The molecule has 72 valence electrons. The molecule has 1 aromatic carbocycles. The van der Waals surface area contributed by atoms with Gasteiger partial charge in [0.1, 0.15) is 0 Å². The SMILES string of the molecule is Cc1cc2cn[nH]c2c(C(N)=O)c1C. The van der Waals surface area contributed by atoms with Crippen LogP contribution < -0.4 is 5.73 Å². The molecule has 0 aliphatic carbocycles. The average Bonchev–Trinajstić information content (AvgIpc) is 2.52. The van der Waals surface area contributed by atoms with Crippen molar-refractivity contribution in [3.63, 3.8) is 0 Å². The number of nitrogens with two attached hydrogens (primary N) is 1. The van der Waals surface area contributed by atoms with E-state index >= 15 is 0 Å². The van der Waals surface area contributed by atoms with Crippen LogP contribution >= 0.6 is 0 Å². The third-order valence-corrected chi connectivity index (χ3v) is 2.50. The normalized spacial score (nSPS) is 10.7. The molecule has 0 saturated heterocycles.